The highest BCUT2D eigenvalue weighted by molar-refractivity contribution is 5.91. The van der Waals surface area contributed by atoms with Crippen LogP contribution in [0.1, 0.15) is 29.4 Å². The number of hydrogen-bond acceptors (Lipinski definition) is 5. The van der Waals surface area contributed by atoms with Crippen molar-refractivity contribution in [1.82, 2.24) is 25.6 Å². The van der Waals surface area contributed by atoms with Crippen molar-refractivity contribution in [2.24, 2.45) is 5.92 Å². The van der Waals surface area contributed by atoms with E-state index in [-0.39, 0.29) is 5.91 Å². The zero-order valence-corrected chi connectivity index (χ0v) is 10.8. The summed E-state index contributed by atoms with van der Waals surface area (Å²) in [4.78, 5) is 11.9. The van der Waals surface area contributed by atoms with Crippen molar-refractivity contribution >= 4 is 5.91 Å². The first-order chi connectivity index (χ1) is 9.33. The van der Waals surface area contributed by atoms with Gasteiger partial charge in [-0.05, 0) is 18.8 Å². The summed E-state index contributed by atoms with van der Waals surface area (Å²) < 4.78 is 7.15. The van der Waals surface area contributed by atoms with E-state index in [4.69, 9.17) is 4.74 Å². The molecule has 1 amide bonds. The van der Waals surface area contributed by atoms with Crippen molar-refractivity contribution in [2.75, 3.05) is 32.8 Å². The molecule has 104 valence electrons. The van der Waals surface area contributed by atoms with Crippen molar-refractivity contribution in [2.45, 2.75) is 18.9 Å². The lowest BCUT2D eigenvalue weighted by molar-refractivity contribution is 0.0535. The smallest absolute Gasteiger partial charge is 0.273 e. The molecule has 0 bridgehead atoms. The van der Waals surface area contributed by atoms with Gasteiger partial charge in [-0.3, -0.25) is 4.79 Å². The Morgan fingerprint density at radius 3 is 3.16 bits per heavy atom. The first-order valence-corrected chi connectivity index (χ1v) is 6.81. The van der Waals surface area contributed by atoms with Crippen molar-refractivity contribution < 1.29 is 9.53 Å². The predicted molar refractivity (Wildman–Crippen MR) is 67.8 cm³/mol. The van der Waals surface area contributed by atoms with Crippen LogP contribution < -0.4 is 10.6 Å². The maximum absolute atomic E-state index is 11.9. The Labute approximate surface area is 111 Å². The number of amides is 1. The fourth-order valence-corrected chi connectivity index (χ4v) is 2.32. The maximum Gasteiger partial charge on any atom is 0.273 e. The number of nitrogens with zero attached hydrogens (tertiary/aromatic N) is 3. The molecular formula is C12H19N5O2. The highest BCUT2D eigenvalue weighted by Gasteiger charge is 2.22. The Balaban J connectivity index is 1.50. The quantitative estimate of drug-likeness (QED) is 0.772. The van der Waals surface area contributed by atoms with Gasteiger partial charge in [-0.15, -0.1) is 5.10 Å². The molecule has 1 unspecified atom stereocenters. The monoisotopic (exact) mass is 265 g/mol. The van der Waals surface area contributed by atoms with E-state index in [0.717, 1.165) is 39.1 Å². The number of hydrogen-bond donors (Lipinski definition) is 2. The van der Waals surface area contributed by atoms with E-state index in [9.17, 15) is 4.79 Å². The van der Waals surface area contributed by atoms with Crippen LogP contribution in [0.15, 0.2) is 6.20 Å². The molecule has 2 saturated heterocycles. The van der Waals surface area contributed by atoms with Gasteiger partial charge in [0.05, 0.1) is 18.8 Å². The van der Waals surface area contributed by atoms with Crippen LogP contribution in [0, 0.1) is 5.92 Å². The SMILES string of the molecule is O=C(NCC1CCCOC1)c1cn(C2CNC2)nn1. The van der Waals surface area contributed by atoms with Crippen LogP contribution in [0.3, 0.4) is 0 Å². The van der Waals surface area contributed by atoms with Crippen molar-refractivity contribution in [1.29, 1.82) is 0 Å². The molecule has 3 rings (SSSR count). The van der Waals surface area contributed by atoms with Crippen LogP contribution in [0.5, 0.6) is 0 Å². The minimum Gasteiger partial charge on any atom is -0.381 e. The van der Waals surface area contributed by atoms with E-state index in [1.165, 1.54) is 0 Å². The summed E-state index contributed by atoms with van der Waals surface area (Å²) >= 11 is 0. The summed E-state index contributed by atoms with van der Waals surface area (Å²) in [5, 5.41) is 14.0. The molecule has 0 spiro atoms. The van der Waals surface area contributed by atoms with E-state index in [1.54, 1.807) is 10.9 Å². The Morgan fingerprint density at radius 2 is 2.47 bits per heavy atom. The van der Waals surface area contributed by atoms with Crippen LogP contribution in [-0.2, 0) is 4.74 Å². The average molecular weight is 265 g/mol. The van der Waals surface area contributed by atoms with Crippen LogP contribution in [-0.4, -0.2) is 53.7 Å². The van der Waals surface area contributed by atoms with Crippen LogP contribution in [0.4, 0.5) is 0 Å². The minimum absolute atomic E-state index is 0.149. The molecule has 1 aromatic rings. The molecule has 19 heavy (non-hydrogen) atoms. The molecule has 1 aromatic heterocycles. The average Bonchev–Trinajstić information content (AvgIpc) is 2.84. The van der Waals surface area contributed by atoms with Gasteiger partial charge < -0.3 is 15.4 Å². The largest absolute Gasteiger partial charge is 0.381 e. The van der Waals surface area contributed by atoms with Gasteiger partial charge in [0, 0.05) is 26.2 Å². The summed E-state index contributed by atoms with van der Waals surface area (Å²) in [7, 11) is 0. The second-order valence-corrected chi connectivity index (χ2v) is 5.19. The molecule has 1 atom stereocenters. The normalized spacial score (nSPS) is 23.9. The van der Waals surface area contributed by atoms with Gasteiger partial charge in [-0.1, -0.05) is 5.21 Å². The van der Waals surface area contributed by atoms with Gasteiger partial charge in [0.2, 0.25) is 0 Å². The third-order valence-corrected chi connectivity index (χ3v) is 3.68. The number of rotatable bonds is 4. The fraction of sp³-hybridized carbons (Fsp3) is 0.750. The van der Waals surface area contributed by atoms with E-state index < -0.39 is 0 Å². The topological polar surface area (TPSA) is 81.1 Å². The molecule has 2 aliphatic rings. The van der Waals surface area contributed by atoms with E-state index in [2.05, 4.69) is 20.9 Å². The Morgan fingerprint density at radius 1 is 1.58 bits per heavy atom. The first-order valence-electron chi connectivity index (χ1n) is 6.81. The van der Waals surface area contributed by atoms with Crippen molar-refractivity contribution in [3.63, 3.8) is 0 Å². The molecule has 0 aromatic carbocycles. The summed E-state index contributed by atoms with van der Waals surface area (Å²) in [6.45, 7) is 4.01. The maximum atomic E-state index is 11.9. The highest BCUT2D eigenvalue weighted by atomic mass is 16.5. The van der Waals surface area contributed by atoms with E-state index in [1.807, 2.05) is 0 Å². The third-order valence-electron chi connectivity index (χ3n) is 3.68. The standard InChI is InChI=1S/C12H19N5O2/c18-12(14-4-9-2-1-3-19-8-9)11-7-17(16-15-11)10-5-13-6-10/h7,9-10,13H,1-6,8H2,(H,14,18). The molecule has 7 nitrogen and oxygen atoms in total. The number of carbonyl (C=O) groups is 1. The van der Waals surface area contributed by atoms with Crippen LogP contribution in [0.25, 0.3) is 0 Å². The number of carbonyl (C=O) groups excluding carboxylic acids is 1. The van der Waals surface area contributed by atoms with Crippen LogP contribution >= 0.6 is 0 Å². The lowest BCUT2D eigenvalue weighted by Gasteiger charge is -2.26. The molecule has 3 heterocycles. The molecule has 0 radical (unpaired) electrons. The predicted octanol–water partition coefficient (Wildman–Crippen LogP) is -0.421. The number of ether oxygens (including phenoxy) is 1. The van der Waals surface area contributed by atoms with Gasteiger partial charge in [0.15, 0.2) is 5.69 Å². The van der Waals surface area contributed by atoms with Crippen molar-refractivity contribution in [3.8, 4) is 0 Å². The van der Waals surface area contributed by atoms with Gasteiger partial charge in [0.25, 0.3) is 5.91 Å². The van der Waals surface area contributed by atoms with Crippen LogP contribution in [0.2, 0.25) is 0 Å². The Bertz CT molecular complexity index is 437. The van der Waals surface area contributed by atoms with Gasteiger partial charge in [0.1, 0.15) is 0 Å². The summed E-state index contributed by atoms with van der Waals surface area (Å²) in [5.41, 5.74) is 0.392. The van der Waals surface area contributed by atoms with E-state index in [0.29, 0.717) is 24.2 Å². The zero-order valence-electron chi connectivity index (χ0n) is 10.8. The second kappa shape index (κ2) is 5.66. The fourth-order valence-electron chi connectivity index (χ4n) is 2.32. The molecule has 0 saturated carbocycles. The molecule has 7 heteroatoms. The zero-order chi connectivity index (χ0) is 13.1. The lowest BCUT2D eigenvalue weighted by atomic mass is 10.0. The Hall–Kier alpha value is -1.47. The summed E-state index contributed by atoms with van der Waals surface area (Å²) in [5.74, 6) is 0.271. The molecule has 2 fully saturated rings. The van der Waals surface area contributed by atoms with Gasteiger partial charge in [-0.25, -0.2) is 4.68 Å². The highest BCUT2D eigenvalue weighted by Crippen LogP contribution is 2.13. The molecular weight excluding hydrogens is 246 g/mol. The van der Waals surface area contributed by atoms with E-state index >= 15 is 0 Å². The summed E-state index contributed by atoms with van der Waals surface area (Å²) in [6.07, 6.45) is 3.91. The first kappa shape index (κ1) is 12.6. The molecule has 2 aliphatic heterocycles. The Kier molecular flexibility index (Phi) is 3.74. The third kappa shape index (κ3) is 2.93. The van der Waals surface area contributed by atoms with Crippen molar-refractivity contribution in [3.05, 3.63) is 11.9 Å². The second-order valence-electron chi connectivity index (χ2n) is 5.19. The summed E-state index contributed by atoms with van der Waals surface area (Å²) in [6, 6.07) is 0.334. The lowest BCUT2D eigenvalue weighted by Crippen LogP contribution is -2.43. The number of aromatic nitrogens is 3. The number of nitrogens with one attached hydrogen (secondary N) is 2. The molecule has 0 aliphatic carbocycles. The van der Waals surface area contributed by atoms with Gasteiger partial charge in [-0.2, -0.15) is 0 Å². The minimum atomic E-state index is -0.149. The van der Waals surface area contributed by atoms with Gasteiger partial charge >= 0.3 is 0 Å². The molecule has 2 N–H and O–H groups in total.